The van der Waals surface area contributed by atoms with Crippen LogP contribution in [0, 0.1) is 0 Å². The van der Waals surface area contributed by atoms with Gasteiger partial charge in [-0.05, 0) is 23.8 Å². The summed E-state index contributed by atoms with van der Waals surface area (Å²) in [5, 5.41) is 0. The molecule has 92 valence electrons. The summed E-state index contributed by atoms with van der Waals surface area (Å²) in [4.78, 5) is 12.2. The SMILES string of the molecule is O=C(CCc1ccco1)c1cccc2c1OCC2. The van der Waals surface area contributed by atoms with Crippen molar-refractivity contribution in [2.45, 2.75) is 19.3 Å². The van der Waals surface area contributed by atoms with Crippen molar-refractivity contribution >= 4 is 5.78 Å². The number of rotatable bonds is 4. The van der Waals surface area contributed by atoms with E-state index in [4.69, 9.17) is 9.15 Å². The molecule has 0 aliphatic carbocycles. The van der Waals surface area contributed by atoms with E-state index in [1.165, 1.54) is 0 Å². The van der Waals surface area contributed by atoms with Gasteiger partial charge in [0.15, 0.2) is 5.78 Å². The van der Waals surface area contributed by atoms with Gasteiger partial charge in [-0.2, -0.15) is 0 Å². The Morgan fingerprint density at radius 1 is 1.22 bits per heavy atom. The molecule has 1 aliphatic rings. The van der Waals surface area contributed by atoms with Crippen LogP contribution in [0.15, 0.2) is 41.0 Å². The molecule has 3 nitrogen and oxygen atoms in total. The van der Waals surface area contributed by atoms with Crippen molar-refractivity contribution in [2.75, 3.05) is 6.61 Å². The minimum absolute atomic E-state index is 0.116. The maximum atomic E-state index is 12.2. The van der Waals surface area contributed by atoms with Gasteiger partial charge in [0.25, 0.3) is 0 Å². The van der Waals surface area contributed by atoms with Gasteiger partial charge in [-0.15, -0.1) is 0 Å². The zero-order valence-electron chi connectivity index (χ0n) is 10.0. The Labute approximate surface area is 105 Å². The van der Waals surface area contributed by atoms with Crippen molar-refractivity contribution in [3.8, 4) is 5.75 Å². The quantitative estimate of drug-likeness (QED) is 0.773. The van der Waals surface area contributed by atoms with Crippen molar-refractivity contribution in [1.29, 1.82) is 0 Å². The summed E-state index contributed by atoms with van der Waals surface area (Å²) in [6.45, 7) is 0.678. The normalized spacial score (nSPS) is 13.1. The van der Waals surface area contributed by atoms with Crippen molar-refractivity contribution in [2.24, 2.45) is 0 Å². The number of fused-ring (bicyclic) bond motifs is 1. The van der Waals surface area contributed by atoms with Gasteiger partial charge in [0.2, 0.25) is 0 Å². The number of benzene rings is 1. The lowest BCUT2D eigenvalue weighted by molar-refractivity contribution is 0.0978. The molecule has 1 aromatic heterocycles. The van der Waals surface area contributed by atoms with E-state index >= 15 is 0 Å². The number of ketones is 1. The van der Waals surface area contributed by atoms with Crippen LogP contribution in [0.5, 0.6) is 5.75 Å². The summed E-state index contributed by atoms with van der Waals surface area (Å²) in [6.07, 6.45) is 3.61. The lowest BCUT2D eigenvalue weighted by Crippen LogP contribution is -2.03. The molecule has 3 heteroatoms. The molecule has 0 fully saturated rings. The third kappa shape index (κ3) is 2.04. The fourth-order valence-corrected chi connectivity index (χ4v) is 2.26. The number of hydrogen-bond donors (Lipinski definition) is 0. The van der Waals surface area contributed by atoms with Gasteiger partial charge in [-0.1, -0.05) is 12.1 Å². The summed E-state index contributed by atoms with van der Waals surface area (Å²) in [7, 11) is 0. The van der Waals surface area contributed by atoms with Crippen LogP contribution in [0.4, 0.5) is 0 Å². The summed E-state index contributed by atoms with van der Waals surface area (Å²) in [6, 6.07) is 9.51. The molecule has 0 bridgehead atoms. The average molecular weight is 242 g/mol. The van der Waals surface area contributed by atoms with Gasteiger partial charge in [-0.25, -0.2) is 0 Å². The molecule has 1 aromatic carbocycles. The van der Waals surface area contributed by atoms with Crippen LogP contribution in [0.25, 0.3) is 0 Å². The molecule has 3 rings (SSSR count). The first-order valence-electron chi connectivity index (χ1n) is 6.15. The van der Waals surface area contributed by atoms with E-state index in [0.29, 0.717) is 25.0 Å². The predicted octanol–water partition coefficient (Wildman–Crippen LogP) is 3.03. The van der Waals surface area contributed by atoms with E-state index < -0.39 is 0 Å². The molecule has 2 heterocycles. The number of Topliss-reactive ketones (excluding diaryl/α,β-unsaturated/α-hetero) is 1. The first-order chi connectivity index (χ1) is 8.84. The topological polar surface area (TPSA) is 39.4 Å². The third-order valence-corrected chi connectivity index (χ3v) is 3.19. The Kier molecular flexibility index (Phi) is 2.89. The van der Waals surface area contributed by atoms with Crippen LogP contribution < -0.4 is 4.74 Å². The monoisotopic (exact) mass is 242 g/mol. The van der Waals surface area contributed by atoms with Crippen LogP contribution in [-0.4, -0.2) is 12.4 Å². The Hall–Kier alpha value is -2.03. The van der Waals surface area contributed by atoms with Crippen LogP contribution in [-0.2, 0) is 12.8 Å². The highest BCUT2D eigenvalue weighted by atomic mass is 16.5. The fourth-order valence-electron chi connectivity index (χ4n) is 2.26. The second-order valence-electron chi connectivity index (χ2n) is 4.39. The number of carbonyl (C=O) groups is 1. The van der Waals surface area contributed by atoms with Crippen LogP contribution >= 0.6 is 0 Å². The van der Waals surface area contributed by atoms with Crippen molar-refractivity contribution in [3.05, 3.63) is 53.5 Å². The second kappa shape index (κ2) is 4.69. The number of ether oxygens (including phenoxy) is 1. The van der Waals surface area contributed by atoms with Gasteiger partial charge in [-0.3, -0.25) is 4.79 Å². The smallest absolute Gasteiger partial charge is 0.167 e. The molecular weight excluding hydrogens is 228 g/mol. The molecule has 18 heavy (non-hydrogen) atoms. The highest BCUT2D eigenvalue weighted by Gasteiger charge is 2.20. The van der Waals surface area contributed by atoms with Crippen LogP contribution in [0.2, 0.25) is 0 Å². The Balaban J connectivity index is 1.75. The average Bonchev–Trinajstić information content (AvgIpc) is 3.05. The van der Waals surface area contributed by atoms with Gasteiger partial charge >= 0.3 is 0 Å². The maximum absolute atomic E-state index is 12.2. The largest absolute Gasteiger partial charge is 0.492 e. The number of aryl methyl sites for hydroxylation is 1. The molecule has 0 unspecified atom stereocenters. The van der Waals surface area contributed by atoms with Crippen LogP contribution in [0.1, 0.15) is 28.1 Å². The number of carbonyl (C=O) groups excluding carboxylic acids is 1. The van der Waals surface area contributed by atoms with Crippen molar-refractivity contribution < 1.29 is 13.9 Å². The lowest BCUT2D eigenvalue weighted by Gasteiger charge is -2.06. The standard InChI is InChI=1S/C15H14O3/c16-14(7-6-12-4-2-9-17-12)13-5-1-3-11-8-10-18-15(11)13/h1-5,9H,6-8,10H2. The molecule has 0 saturated heterocycles. The molecule has 0 N–H and O–H groups in total. The molecular formula is C15H14O3. The first-order valence-corrected chi connectivity index (χ1v) is 6.15. The number of furan rings is 1. The van der Waals surface area contributed by atoms with Gasteiger partial charge < -0.3 is 9.15 Å². The van der Waals surface area contributed by atoms with E-state index in [9.17, 15) is 4.79 Å². The lowest BCUT2D eigenvalue weighted by atomic mass is 10.0. The highest BCUT2D eigenvalue weighted by Crippen LogP contribution is 2.30. The van der Waals surface area contributed by atoms with E-state index in [-0.39, 0.29) is 5.78 Å². The fraction of sp³-hybridized carbons (Fsp3) is 0.267. The molecule has 0 spiro atoms. The van der Waals surface area contributed by atoms with Gasteiger partial charge in [0.05, 0.1) is 18.4 Å². The van der Waals surface area contributed by atoms with E-state index in [1.54, 1.807) is 6.26 Å². The summed E-state index contributed by atoms with van der Waals surface area (Å²) >= 11 is 0. The zero-order valence-corrected chi connectivity index (χ0v) is 10.0. The molecule has 0 radical (unpaired) electrons. The second-order valence-corrected chi connectivity index (χ2v) is 4.39. The van der Waals surface area contributed by atoms with Gasteiger partial charge in [0.1, 0.15) is 11.5 Å². The number of hydrogen-bond acceptors (Lipinski definition) is 3. The van der Waals surface area contributed by atoms with E-state index in [0.717, 1.165) is 23.5 Å². The minimum Gasteiger partial charge on any atom is -0.492 e. The molecule has 0 saturated carbocycles. The summed E-state index contributed by atoms with van der Waals surface area (Å²) < 4.78 is 10.8. The molecule has 0 atom stereocenters. The Bertz CT molecular complexity index is 555. The molecule has 0 amide bonds. The Morgan fingerprint density at radius 3 is 3.00 bits per heavy atom. The zero-order chi connectivity index (χ0) is 12.4. The summed E-state index contributed by atoms with van der Waals surface area (Å²) in [5.41, 5.74) is 1.84. The predicted molar refractivity (Wildman–Crippen MR) is 67.0 cm³/mol. The summed E-state index contributed by atoms with van der Waals surface area (Å²) in [5.74, 6) is 1.74. The van der Waals surface area contributed by atoms with E-state index in [2.05, 4.69) is 0 Å². The highest BCUT2D eigenvalue weighted by molar-refractivity contribution is 5.99. The van der Waals surface area contributed by atoms with Crippen molar-refractivity contribution in [3.63, 3.8) is 0 Å². The van der Waals surface area contributed by atoms with Gasteiger partial charge in [0, 0.05) is 19.3 Å². The maximum Gasteiger partial charge on any atom is 0.167 e. The Morgan fingerprint density at radius 2 is 2.17 bits per heavy atom. The first kappa shape index (κ1) is 11.1. The van der Waals surface area contributed by atoms with E-state index in [1.807, 2.05) is 30.3 Å². The molecule has 1 aliphatic heterocycles. The number of para-hydroxylation sites is 1. The third-order valence-electron chi connectivity index (χ3n) is 3.19. The van der Waals surface area contributed by atoms with Crippen molar-refractivity contribution in [1.82, 2.24) is 0 Å². The minimum atomic E-state index is 0.116. The molecule has 2 aromatic rings. The van der Waals surface area contributed by atoms with Crippen LogP contribution in [0.3, 0.4) is 0 Å².